The van der Waals surface area contributed by atoms with E-state index in [2.05, 4.69) is 57.2 Å². The van der Waals surface area contributed by atoms with E-state index in [1.807, 2.05) is 48.5 Å². The van der Waals surface area contributed by atoms with Gasteiger partial charge in [-0.2, -0.15) is 0 Å². The first-order valence-electron chi connectivity index (χ1n) is 9.20. The van der Waals surface area contributed by atoms with Crippen molar-refractivity contribution in [3.8, 4) is 0 Å². The summed E-state index contributed by atoms with van der Waals surface area (Å²) in [6.45, 7) is 0. The highest BCUT2D eigenvalue weighted by Gasteiger charge is 2.14. The van der Waals surface area contributed by atoms with Crippen molar-refractivity contribution in [2.45, 2.75) is 0 Å². The van der Waals surface area contributed by atoms with Crippen LogP contribution in [0.2, 0.25) is 5.02 Å². The standard InChI is InChI=1S/C21H16Br2ClN5O2S/c1-32(30,31)29-17-11-19-18(10-16(17)24)27-20(25-14-6-2-12(22)3-7-14)21(28-19)26-15-8-4-13(23)5-9-15/h2-11,29H,1H3,(H,25,27)(H,26,28). The zero-order valence-electron chi connectivity index (χ0n) is 16.5. The topological polar surface area (TPSA) is 96.0 Å². The Kier molecular flexibility index (Phi) is 6.57. The highest BCUT2D eigenvalue weighted by Crippen LogP contribution is 2.32. The Morgan fingerprint density at radius 1 is 0.781 bits per heavy atom. The molecule has 1 aromatic heterocycles. The second-order valence-corrected chi connectivity index (χ2v) is 10.9. The third kappa shape index (κ3) is 5.69. The molecule has 0 spiro atoms. The number of nitrogens with one attached hydrogen (secondary N) is 3. The van der Waals surface area contributed by atoms with Gasteiger partial charge in [-0.1, -0.05) is 43.5 Å². The fourth-order valence-corrected chi connectivity index (χ4v) is 4.23. The highest BCUT2D eigenvalue weighted by molar-refractivity contribution is 9.10. The third-order valence-electron chi connectivity index (χ3n) is 4.26. The van der Waals surface area contributed by atoms with Gasteiger partial charge in [-0.15, -0.1) is 0 Å². The van der Waals surface area contributed by atoms with Crippen molar-refractivity contribution in [1.29, 1.82) is 0 Å². The molecular formula is C21H16Br2ClN5O2S. The predicted molar refractivity (Wildman–Crippen MR) is 138 cm³/mol. The Morgan fingerprint density at radius 2 is 1.22 bits per heavy atom. The minimum atomic E-state index is -3.50. The predicted octanol–water partition coefficient (Wildman–Crippen LogP) is 6.67. The van der Waals surface area contributed by atoms with E-state index in [4.69, 9.17) is 11.6 Å². The van der Waals surface area contributed by atoms with Crippen LogP contribution in [0.3, 0.4) is 0 Å². The molecule has 1 heterocycles. The van der Waals surface area contributed by atoms with E-state index >= 15 is 0 Å². The van der Waals surface area contributed by atoms with E-state index in [-0.39, 0.29) is 10.7 Å². The van der Waals surface area contributed by atoms with Gasteiger partial charge in [-0.05, 0) is 60.7 Å². The van der Waals surface area contributed by atoms with Gasteiger partial charge >= 0.3 is 0 Å². The second-order valence-electron chi connectivity index (χ2n) is 6.88. The molecule has 0 unspecified atom stereocenters. The number of hydrogen-bond acceptors (Lipinski definition) is 6. The van der Waals surface area contributed by atoms with Crippen molar-refractivity contribution in [2.75, 3.05) is 21.6 Å². The molecule has 0 radical (unpaired) electrons. The average molecular weight is 598 g/mol. The van der Waals surface area contributed by atoms with Crippen LogP contribution in [-0.4, -0.2) is 24.6 Å². The Bertz CT molecular complexity index is 1400. The normalized spacial score (nSPS) is 11.4. The maximum atomic E-state index is 11.7. The number of hydrogen-bond donors (Lipinski definition) is 3. The lowest BCUT2D eigenvalue weighted by atomic mass is 10.2. The molecule has 0 saturated heterocycles. The fraction of sp³-hybridized carbons (Fsp3) is 0.0476. The first kappa shape index (κ1) is 22.8. The molecule has 4 aromatic rings. The molecule has 32 heavy (non-hydrogen) atoms. The fourth-order valence-electron chi connectivity index (χ4n) is 2.87. The van der Waals surface area contributed by atoms with E-state index in [0.29, 0.717) is 22.7 Å². The monoisotopic (exact) mass is 595 g/mol. The van der Waals surface area contributed by atoms with Crippen LogP contribution >= 0.6 is 43.5 Å². The van der Waals surface area contributed by atoms with E-state index in [0.717, 1.165) is 26.6 Å². The molecule has 3 aromatic carbocycles. The molecule has 0 saturated carbocycles. The van der Waals surface area contributed by atoms with Crippen molar-refractivity contribution in [3.63, 3.8) is 0 Å². The van der Waals surface area contributed by atoms with Gasteiger partial charge in [0.25, 0.3) is 0 Å². The second kappa shape index (κ2) is 9.22. The molecule has 0 bridgehead atoms. The molecule has 0 aliphatic carbocycles. The minimum absolute atomic E-state index is 0.223. The number of benzene rings is 3. The largest absolute Gasteiger partial charge is 0.337 e. The first-order chi connectivity index (χ1) is 15.2. The highest BCUT2D eigenvalue weighted by atomic mass is 79.9. The van der Waals surface area contributed by atoms with E-state index in [9.17, 15) is 8.42 Å². The van der Waals surface area contributed by atoms with Crippen LogP contribution < -0.4 is 15.4 Å². The Morgan fingerprint density at radius 3 is 1.66 bits per heavy atom. The van der Waals surface area contributed by atoms with Crippen LogP contribution in [0.1, 0.15) is 0 Å². The van der Waals surface area contributed by atoms with Crippen LogP contribution in [0, 0.1) is 0 Å². The van der Waals surface area contributed by atoms with Gasteiger partial charge in [-0.25, -0.2) is 18.4 Å². The van der Waals surface area contributed by atoms with E-state index in [1.165, 1.54) is 0 Å². The molecule has 0 atom stereocenters. The number of halogens is 3. The lowest BCUT2D eigenvalue weighted by Crippen LogP contribution is -2.10. The Hall–Kier alpha value is -2.40. The Labute approximate surface area is 206 Å². The van der Waals surface area contributed by atoms with Crippen molar-refractivity contribution in [3.05, 3.63) is 74.6 Å². The number of rotatable bonds is 6. The van der Waals surface area contributed by atoms with E-state index in [1.54, 1.807) is 12.1 Å². The van der Waals surface area contributed by atoms with Gasteiger partial charge in [0.05, 0.1) is 28.0 Å². The molecule has 0 aliphatic rings. The summed E-state index contributed by atoms with van der Waals surface area (Å²) in [7, 11) is -3.50. The van der Waals surface area contributed by atoms with Gasteiger partial charge in [-0.3, -0.25) is 4.72 Å². The van der Waals surface area contributed by atoms with Crippen LogP contribution in [0.25, 0.3) is 11.0 Å². The third-order valence-corrected chi connectivity index (χ3v) is 6.22. The van der Waals surface area contributed by atoms with Crippen molar-refractivity contribution >= 4 is 93.2 Å². The van der Waals surface area contributed by atoms with Crippen molar-refractivity contribution in [2.24, 2.45) is 0 Å². The number of fused-ring (bicyclic) bond motifs is 1. The van der Waals surface area contributed by atoms with Gasteiger partial charge in [0, 0.05) is 20.3 Å². The zero-order valence-corrected chi connectivity index (χ0v) is 21.3. The van der Waals surface area contributed by atoms with Crippen molar-refractivity contribution in [1.82, 2.24) is 9.97 Å². The first-order valence-corrected chi connectivity index (χ1v) is 13.1. The maximum absolute atomic E-state index is 11.7. The summed E-state index contributed by atoms with van der Waals surface area (Å²) in [6.07, 6.45) is 1.06. The number of sulfonamides is 1. The molecule has 11 heteroatoms. The van der Waals surface area contributed by atoms with Gasteiger partial charge in [0.15, 0.2) is 11.6 Å². The molecule has 3 N–H and O–H groups in total. The quantitative estimate of drug-likeness (QED) is 0.230. The van der Waals surface area contributed by atoms with Gasteiger partial charge in [0.1, 0.15) is 0 Å². The van der Waals surface area contributed by atoms with Gasteiger partial charge in [0.2, 0.25) is 10.0 Å². The number of anilines is 5. The van der Waals surface area contributed by atoms with Gasteiger partial charge < -0.3 is 10.6 Å². The SMILES string of the molecule is CS(=O)(=O)Nc1cc2nc(Nc3ccc(Br)cc3)c(Nc3ccc(Br)cc3)nc2cc1Cl. The van der Waals surface area contributed by atoms with Crippen molar-refractivity contribution < 1.29 is 8.42 Å². The minimum Gasteiger partial charge on any atom is -0.337 e. The van der Waals surface area contributed by atoms with Crippen LogP contribution in [0.4, 0.5) is 28.7 Å². The summed E-state index contributed by atoms with van der Waals surface area (Å²) < 4.78 is 27.7. The molecule has 0 fully saturated rings. The maximum Gasteiger partial charge on any atom is 0.229 e. The van der Waals surface area contributed by atoms with Crippen LogP contribution in [0.15, 0.2) is 69.6 Å². The van der Waals surface area contributed by atoms with Crippen LogP contribution in [-0.2, 0) is 10.0 Å². The summed E-state index contributed by atoms with van der Waals surface area (Å²) in [4.78, 5) is 9.37. The lowest BCUT2D eigenvalue weighted by molar-refractivity contribution is 0.607. The molecule has 4 rings (SSSR count). The van der Waals surface area contributed by atoms with Crippen LogP contribution in [0.5, 0.6) is 0 Å². The summed E-state index contributed by atoms with van der Waals surface area (Å²) in [6, 6.07) is 18.4. The Balaban J connectivity index is 1.81. The molecular weight excluding hydrogens is 582 g/mol. The summed E-state index contributed by atoms with van der Waals surface area (Å²) in [5.74, 6) is 0.956. The average Bonchev–Trinajstić information content (AvgIpc) is 2.72. The number of nitrogens with zero attached hydrogens (tertiary/aromatic N) is 2. The summed E-state index contributed by atoms with van der Waals surface area (Å²) >= 11 is 13.1. The molecule has 0 aliphatic heterocycles. The summed E-state index contributed by atoms with van der Waals surface area (Å²) in [5.41, 5.74) is 2.85. The lowest BCUT2D eigenvalue weighted by Gasteiger charge is -2.15. The summed E-state index contributed by atoms with van der Waals surface area (Å²) in [5, 5.41) is 6.77. The molecule has 0 amide bonds. The number of aromatic nitrogens is 2. The zero-order chi connectivity index (χ0) is 22.9. The molecule has 7 nitrogen and oxygen atoms in total. The molecule has 164 valence electrons. The van der Waals surface area contributed by atoms with E-state index < -0.39 is 10.0 Å². The smallest absolute Gasteiger partial charge is 0.229 e.